The molecule has 0 aromatic heterocycles. The number of hydrogen-bond donors (Lipinski definition) is 0. The van der Waals surface area contributed by atoms with E-state index in [0.29, 0.717) is 0 Å². The minimum absolute atomic E-state index is 1.12. The van der Waals surface area contributed by atoms with E-state index in [-0.39, 0.29) is 0 Å². The molecule has 21 heavy (non-hydrogen) atoms. The Hall–Kier alpha value is -2.08. The van der Waals surface area contributed by atoms with Crippen LogP contribution in [-0.2, 0) is 0 Å². The molecule has 0 radical (unpaired) electrons. The van der Waals surface area contributed by atoms with Crippen LogP contribution in [0.25, 0.3) is 17.7 Å². The first-order chi connectivity index (χ1) is 10.2. The van der Waals surface area contributed by atoms with Gasteiger partial charge >= 0.3 is 0 Å². The summed E-state index contributed by atoms with van der Waals surface area (Å²) in [6, 6.07) is 17.2. The third-order valence-corrected chi connectivity index (χ3v) is 3.81. The van der Waals surface area contributed by atoms with Crippen molar-refractivity contribution >= 4 is 17.7 Å². The summed E-state index contributed by atoms with van der Waals surface area (Å²) in [6.07, 6.45) is 7.81. The van der Waals surface area contributed by atoms with Gasteiger partial charge in [-0.3, -0.25) is 0 Å². The predicted octanol–water partition coefficient (Wildman–Crippen LogP) is 6.37. The normalized spacial score (nSPS) is 11.4. The van der Waals surface area contributed by atoms with Gasteiger partial charge in [0.2, 0.25) is 0 Å². The highest BCUT2D eigenvalue weighted by Gasteiger charge is 2.03. The Balaban J connectivity index is 2.42. The fourth-order valence-electron chi connectivity index (χ4n) is 2.45. The maximum absolute atomic E-state index is 3.87. The summed E-state index contributed by atoms with van der Waals surface area (Å²) >= 11 is 0. The van der Waals surface area contributed by atoms with E-state index in [1.807, 2.05) is 6.08 Å². The van der Waals surface area contributed by atoms with E-state index in [1.54, 1.807) is 0 Å². The Kier molecular flexibility index (Phi) is 5.57. The van der Waals surface area contributed by atoms with Crippen LogP contribution in [0.15, 0.2) is 55.1 Å². The van der Waals surface area contributed by atoms with Crippen LogP contribution in [0.2, 0.25) is 0 Å². The summed E-state index contributed by atoms with van der Waals surface area (Å²) < 4.78 is 0. The van der Waals surface area contributed by atoms with Crippen LogP contribution in [0.4, 0.5) is 0 Å². The summed E-state index contributed by atoms with van der Waals surface area (Å²) in [5, 5.41) is 0. The average molecular weight is 276 g/mol. The monoisotopic (exact) mass is 276 g/mol. The van der Waals surface area contributed by atoms with Crippen molar-refractivity contribution < 1.29 is 0 Å². The predicted molar refractivity (Wildman–Crippen MR) is 95.1 cm³/mol. The quantitative estimate of drug-likeness (QED) is 0.538. The van der Waals surface area contributed by atoms with Gasteiger partial charge in [-0.1, -0.05) is 74.5 Å². The molecule has 0 aliphatic heterocycles. The van der Waals surface area contributed by atoms with E-state index >= 15 is 0 Å². The van der Waals surface area contributed by atoms with Gasteiger partial charge in [0.15, 0.2) is 0 Å². The molecule has 0 spiro atoms. The lowest BCUT2D eigenvalue weighted by Crippen LogP contribution is -1.88. The molecule has 0 N–H and O–H groups in total. The fourth-order valence-corrected chi connectivity index (χ4v) is 2.45. The van der Waals surface area contributed by atoms with Gasteiger partial charge < -0.3 is 0 Å². The highest BCUT2D eigenvalue weighted by molar-refractivity contribution is 5.82. The minimum Gasteiger partial charge on any atom is -0.0985 e. The first kappa shape index (κ1) is 15.3. The largest absolute Gasteiger partial charge is 0.0985 e. The van der Waals surface area contributed by atoms with Gasteiger partial charge in [0.25, 0.3) is 0 Å². The van der Waals surface area contributed by atoms with Crippen molar-refractivity contribution in [2.24, 2.45) is 0 Å². The van der Waals surface area contributed by atoms with Crippen molar-refractivity contribution in [2.75, 3.05) is 0 Å². The van der Waals surface area contributed by atoms with Crippen LogP contribution in [0.3, 0.4) is 0 Å². The minimum atomic E-state index is 1.12. The Morgan fingerprint density at radius 3 is 2.52 bits per heavy atom. The smallest absolute Gasteiger partial charge is 0.0218 e. The van der Waals surface area contributed by atoms with Crippen LogP contribution in [0, 0.1) is 6.92 Å². The lowest BCUT2D eigenvalue weighted by Gasteiger charge is -2.10. The Labute approximate surface area is 128 Å². The number of benzene rings is 2. The lowest BCUT2D eigenvalue weighted by atomic mass is 9.95. The summed E-state index contributed by atoms with van der Waals surface area (Å²) in [6.45, 7) is 8.28. The van der Waals surface area contributed by atoms with Gasteiger partial charge in [-0.15, -0.1) is 0 Å². The summed E-state index contributed by atoms with van der Waals surface area (Å²) in [5.74, 6) is 0. The van der Waals surface area contributed by atoms with Crippen LogP contribution in [0.5, 0.6) is 0 Å². The maximum atomic E-state index is 3.87. The molecule has 2 aromatic rings. The van der Waals surface area contributed by atoms with Crippen molar-refractivity contribution in [3.05, 3.63) is 77.4 Å². The molecule has 0 aliphatic rings. The van der Waals surface area contributed by atoms with Crippen LogP contribution in [-0.4, -0.2) is 0 Å². The van der Waals surface area contributed by atoms with Crippen LogP contribution in [0.1, 0.15) is 48.4 Å². The van der Waals surface area contributed by atoms with Gasteiger partial charge in [0, 0.05) is 0 Å². The first-order valence-corrected chi connectivity index (χ1v) is 7.73. The fraction of sp³-hybridized carbons (Fsp3) is 0.238. The van der Waals surface area contributed by atoms with Crippen molar-refractivity contribution in [1.29, 1.82) is 0 Å². The standard InChI is InChI=1S/C21H24/c1-4-6-10-20(19-11-8-7-9-12-19)16-21-15-18(5-2)14-13-17(21)3/h5,7-9,11-16H,2,4,6,10H2,1,3H3. The summed E-state index contributed by atoms with van der Waals surface area (Å²) in [7, 11) is 0. The summed E-state index contributed by atoms with van der Waals surface area (Å²) in [4.78, 5) is 0. The van der Waals surface area contributed by atoms with E-state index in [0.717, 1.165) is 6.42 Å². The highest BCUT2D eigenvalue weighted by atomic mass is 14.1. The second-order valence-electron chi connectivity index (χ2n) is 5.46. The average Bonchev–Trinajstić information content (AvgIpc) is 2.54. The molecular weight excluding hydrogens is 252 g/mol. The van der Waals surface area contributed by atoms with Gasteiger partial charge in [-0.25, -0.2) is 0 Å². The highest BCUT2D eigenvalue weighted by Crippen LogP contribution is 2.25. The first-order valence-electron chi connectivity index (χ1n) is 7.73. The third kappa shape index (κ3) is 4.19. The molecule has 108 valence electrons. The number of allylic oxidation sites excluding steroid dienone is 1. The Morgan fingerprint density at radius 1 is 1.10 bits per heavy atom. The van der Waals surface area contributed by atoms with E-state index in [4.69, 9.17) is 0 Å². The zero-order valence-corrected chi connectivity index (χ0v) is 13.1. The molecular formula is C21H24. The van der Waals surface area contributed by atoms with Crippen LogP contribution >= 0.6 is 0 Å². The van der Waals surface area contributed by atoms with E-state index in [9.17, 15) is 0 Å². The second-order valence-corrected chi connectivity index (χ2v) is 5.46. The molecule has 0 aliphatic carbocycles. The second kappa shape index (κ2) is 7.64. The molecule has 0 fully saturated rings. The van der Waals surface area contributed by atoms with E-state index < -0.39 is 0 Å². The van der Waals surface area contributed by atoms with Crippen molar-refractivity contribution in [3.8, 4) is 0 Å². The molecule has 0 saturated carbocycles. The van der Waals surface area contributed by atoms with Gasteiger partial charge in [-0.2, -0.15) is 0 Å². The molecule has 0 nitrogen and oxygen atoms in total. The van der Waals surface area contributed by atoms with Crippen molar-refractivity contribution in [2.45, 2.75) is 33.1 Å². The third-order valence-electron chi connectivity index (χ3n) is 3.81. The van der Waals surface area contributed by atoms with Gasteiger partial charge in [-0.05, 0) is 53.7 Å². The SMILES string of the molecule is C=Cc1ccc(C)c(C=C(CCCC)c2ccccc2)c1. The molecule has 0 saturated heterocycles. The maximum Gasteiger partial charge on any atom is -0.0218 e. The van der Waals surface area contributed by atoms with Gasteiger partial charge in [0.1, 0.15) is 0 Å². The van der Waals surface area contributed by atoms with Crippen LogP contribution < -0.4 is 0 Å². The molecule has 0 bridgehead atoms. The number of hydrogen-bond acceptors (Lipinski definition) is 0. The zero-order valence-electron chi connectivity index (χ0n) is 13.1. The molecule has 0 amide bonds. The van der Waals surface area contributed by atoms with E-state index in [1.165, 1.54) is 40.7 Å². The van der Waals surface area contributed by atoms with Gasteiger partial charge in [0.05, 0.1) is 0 Å². The van der Waals surface area contributed by atoms with Crippen molar-refractivity contribution in [3.63, 3.8) is 0 Å². The Morgan fingerprint density at radius 2 is 1.86 bits per heavy atom. The topological polar surface area (TPSA) is 0 Å². The molecule has 0 heterocycles. The molecule has 0 heteroatoms. The number of aryl methyl sites for hydroxylation is 1. The number of rotatable bonds is 6. The number of unbranched alkanes of at least 4 members (excludes halogenated alkanes) is 1. The molecule has 0 atom stereocenters. The zero-order chi connectivity index (χ0) is 15.1. The van der Waals surface area contributed by atoms with E-state index in [2.05, 4.69) is 75.0 Å². The summed E-state index contributed by atoms with van der Waals surface area (Å²) in [5.41, 5.74) is 6.53. The molecule has 0 unspecified atom stereocenters. The molecule has 2 aromatic carbocycles. The van der Waals surface area contributed by atoms with Crippen molar-refractivity contribution in [1.82, 2.24) is 0 Å². The molecule has 2 rings (SSSR count). The lowest BCUT2D eigenvalue weighted by molar-refractivity contribution is 0.825. The Bertz CT molecular complexity index is 618.